The molecular weight excluding hydrogens is 502 g/mol. The van der Waals surface area contributed by atoms with Crippen molar-refractivity contribution in [3.05, 3.63) is 106 Å². The van der Waals surface area contributed by atoms with Gasteiger partial charge in [-0.3, -0.25) is 14.4 Å². The van der Waals surface area contributed by atoms with Gasteiger partial charge < -0.3 is 20.5 Å². The first-order chi connectivity index (χ1) is 19.0. The van der Waals surface area contributed by atoms with Crippen LogP contribution in [0, 0.1) is 6.92 Å². The zero-order chi connectivity index (χ0) is 29.0. The number of anilines is 3. The quantitative estimate of drug-likeness (QED) is 0.276. The van der Waals surface area contributed by atoms with Gasteiger partial charge in [0.25, 0.3) is 17.4 Å². The molecule has 2 aromatic carbocycles. The van der Waals surface area contributed by atoms with Crippen LogP contribution in [0.2, 0.25) is 0 Å². The van der Waals surface area contributed by atoms with Gasteiger partial charge in [-0.05, 0) is 72.4 Å². The first-order valence-electron chi connectivity index (χ1n) is 13.2. The van der Waals surface area contributed by atoms with Crippen LogP contribution in [0.4, 0.5) is 17.2 Å². The van der Waals surface area contributed by atoms with Gasteiger partial charge in [0.1, 0.15) is 11.5 Å². The number of hydrogen-bond acceptors (Lipinski definition) is 5. The van der Waals surface area contributed by atoms with Crippen LogP contribution in [0.1, 0.15) is 59.5 Å². The van der Waals surface area contributed by atoms with Crippen LogP contribution in [0.25, 0.3) is 11.1 Å². The summed E-state index contributed by atoms with van der Waals surface area (Å²) in [6.07, 6.45) is 3.23. The van der Waals surface area contributed by atoms with Gasteiger partial charge in [-0.1, -0.05) is 45.0 Å². The summed E-state index contributed by atoms with van der Waals surface area (Å²) in [6, 6.07) is 18.4. The molecule has 0 unspecified atom stereocenters. The summed E-state index contributed by atoms with van der Waals surface area (Å²) >= 11 is 0. The summed E-state index contributed by atoms with van der Waals surface area (Å²) in [4.78, 5) is 42.3. The van der Waals surface area contributed by atoms with Crippen LogP contribution in [-0.4, -0.2) is 27.9 Å². The minimum absolute atomic E-state index is 0.00803. The van der Waals surface area contributed by atoms with E-state index in [1.165, 1.54) is 10.8 Å². The first-order valence-corrected chi connectivity index (χ1v) is 13.2. The lowest BCUT2D eigenvalue weighted by Crippen LogP contribution is -2.23. The molecule has 2 aromatic heterocycles. The monoisotopic (exact) mass is 537 g/mol. The van der Waals surface area contributed by atoms with Crippen molar-refractivity contribution in [3.63, 3.8) is 0 Å². The van der Waals surface area contributed by atoms with Crippen molar-refractivity contribution in [2.45, 2.75) is 40.0 Å². The molecule has 40 heavy (non-hydrogen) atoms. The Labute approximate surface area is 234 Å². The average Bonchev–Trinajstić information content (AvgIpc) is 2.92. The summed E-state index contributed by atoms with van der Waals surface area (Å²) in [6.45, 7) is 10.7. The Kier molecular flexibility index (Phi) is 8.18. The first kappa shape index (κ1) is 28.3. The van der Waals surface area contributed by atoms with Crippen molar-refractivity contribution < 1.29 is 9.59 Å². The molecule has 4 aromatic rings. The third-order valence-corrected chi connectivity index (χ3v) is 6.72. The van der Waals surface area contributed by atoms with E-state index >= 15 is 0 Å². The van der Waals surface area contributed by atoms with Gasteiger partial charge in [0.05, 0.1) is 5.56 Å². The maximum absolute atomic E-state index is 13.0. The van der Waals surface area contributed by atoms with Gasteiger partial charge in [0.15, 0.2) is 0 Å². The molecule has 0 fully saturated rings. The number of rotatable bonds is 7. The SMILES string of the molecule is CCNC(=O)c1ccc(Nc2cc(-c3cccc(NC(=O)c4ccc(C(C)(C)C)cc4)c3C)cn(C)c2=O)nc1. The van der Waals surface area contributed by atoms with Crippen molar-refractivity contribution in [1.29, 1.82) is 0 Å². The molecule has 0 aliphatic heterocycles. The highest BCUT2D eigenvalue weighted by Crippen LogP contribution is 2.30. The van der Waals surface area contributed by atoms with E-state index in [1.54, 1.807) is 31.4 Å². The summed E-state index contributed by atoms with van der Waals surface area (Å²) < 4.78 is 1.50. The summed E-state index contributed by atoms with van der Waals surface area (Å²) in [7, 11) is 1.69. The molecule has 0 atom stereocenters. The van der Waals surface area contributed by atoms with Crippen LogP contribution in [0.3, 0.4) is 0 Å². The molecule has 2 heterocycles. The Bertz CT molecular complexity index is 1600. The number of benzene rings is 2. The minimum Gasteiger partial charge on any atom is -0.352 e. The second kappa shape index (κ2) is 11.6. The fourth-order valence-electron chi connectivity index (χ4n) is 4.35. The largest absolute Gasteiger partial charge is 0.352 e. The standard InChI is InChI=1S/C32H35N5O3/c1-7-33-29(38)22-13-16-28(34-18-22)35-27-17-23(19-37(6)31(27)40)25-9-8-10-26(20(25)2)36-30(39)21-11-14-24(15-12-21)32(3,4)5/h8-19H,7H2,1-6H3,(H,33,38)(H,34,35)(H,36,39). The Morgan fingerprint density at radius 3 is 2.25 bits per heavy atom. The topological polar surface area (TPSA) is 105 Å². The predicted octanol–water partition coefficient (Wildman–Crippen LogP) is 5.80. The zero-order valence-electron chi connectivity index (χ0n) is 23.8. The maximum Gasteiger partial charge on any atom is 0.274 e. The molecule has 0 spiro atoms. The molecule has 0 radical (unpaired) electrons. The van der Waals surface area contributed by atoms with Gasteiger partial charge in [0, 0.05) is 42.8 Å². The molecule has 2 amide bonds. The zero-order valence-corrected chi connectivity index (χ0v) is 23.8. The van der Waals surface area contributed by atoms with Gasteiger partial charge in [0.2, 0.25) is 0 Å². The van der Waals surface area contributed by atoms with Crippen LogP contribution >= 0.6 is 0 Å². The summed E-state index contributed by atoms with van der Waals surface area (Å²) in [5.74, 6) is 0.0482. The van der Waals surface area contributed by atoms with E-state index in [0.717, 1.165) is 22.3 Å². The lowest BCUT2D eigenvalue weighted by molar-refractivity contribution is 0.0954. The van der Waals surface area contributed by atoms with Crippen molar-refractivity contribution in [1.82, 2.24) is 14.9 Å². The number of aryl methyl sites for hydroxylation is 1. The van der Waals surface area contributed by atoms with E-state index in [9.17, 15) is 14.4 Å². The van der Waals surface area contributed by atoms with E-state index in [-0.39, 0.29) is 22.8 Å². The van der Waals surface area contributed by atoms with Gasteiger partial charge in [-0.15, -0.1) is 0 Å². The van der Waals surface area contributed by atoms with Crippen LogP contribution in [0.5, 0.6) is 0 Å². The third-order valence-electron chi connectivity index (χ3n) is 6.72. The van der Waals surface area contributed by atoms with Gasteiger partial charge in [-0.25, -0.2) is 4.98 Å². The van der Waals surface area contributed by atoms with Crippen molar-refractivity contribution in [3.8, 4) is 11.1 Å². The smallest absolute Gasteiger partial charge is 0.274 e. The molecule has 0 aliphatic carbocycles. The molecule has 0 bridgehead atoms. The van der Waals surface area contributed by atoms with Gasteiger partial charge in [-0.2, -0.15) is 0 Å². The number of amides is 2. The molecule has 8 heteroatoms. The van der Waals surface area contributed by atoms with E-state index in [0.29, 0.717) is 34.9 Å². The van der Waals surface area contributed by atoms with Crippen LogP contribution in [0.15, 0.2) is 77.9 Å². The average molecular weight is 538 g/mol. The number of pyridine rings is 2. The molecule has 8 nitrogen and oxygen atoms in total. The van der Waals surface area contributed by atoms with E-state index < -0.39 is 0 Å². The number of carbonyl (C=O) groups excluding carboxylic acids is 2. The molecule has 3 N–H and O–H groups in total. The number of nitrogens with zero attached hydrogens (tertiary/aromatic N) is 2. The number of aromatic nitrogens is 2. The highest BCUT2D eigenvalue weighted by Gasteiger charge is 2.16. The molecule has 0 saturated heterocycles. The van der Waals surface area contributed by atoms with Gasteiger partial charge >= 0.3 is 0 Å². The van der Waals surface area contributed by atoms with E-state index in [2.05, 4.69) is 41.7 Å². The molecular formula is C32H35N5O3. The lowest BCUT2D eigenvalue weighted by atomic mass is 9.86. The highest BCUT2D eigenvalue weighted by atomic mass is 16.2. The normalized spacial score (nSPS) is 11.2. The van der Waals surface area contributed by atoms with Crippen molar-refractivity contribution in [2.24, 2.45) is 7.05 Å². The van der Waals surface area contributed by atoms with E-state index in [4.69, 9.17) is 0 Å². The minimum atomic E-state index is -0.223. The Morgan fingerprint density at radius 1 is 0.925 bits per heavy atom. The number of carbonyl (C=O) groups is 2. The summed E-state index contributed by atoms with van der Waals surface area (Å²) in [5.41, 5.74) is 5.54. The second-order valence-corrected chi connectivity index (χ2v) is 10.7. The highest BCUT2D eigenvalue weighted by molar-refractivity contribution is 6.05. The van der Waals surface area contributed by atoms with Crippen LogP contribution in [-0.2, 0) is 12.5 Å². The van der Waals surface area contributed by atoms with E-state index in [1.807, 2.05) is 56.3 Å². The van der Waals surface area contributed by atoms with Crippen molar-refractivity contribution in [2.75, 3.05) is 17.2 Å². The Hall–Kier alpha value is -4.72. The number of nitrogens with one attached hydrogen (secondary N) is 3. The molecule has 206 valence electrons. The molecule has 0 aliphatic rings. The molecule has 0 saturated carbocycles. The molecule has 4 rings (SSSR count). The second-order valence-electron chi connectivity index (χ2n) is 10.7. The fraction of sp³-hybridized carbons (Fsp3) is 0.250. The Morgan fingerprint density at radius 2 is 1.62 bits per heavy atom. The lowest BCUT2D eigenvalue weighted by Gasteiger charge is -2.19. The van der Waals surface area contributed by atoms with Crippen molar-refractivity contribution >= 4 is 29.0 Å². The third kappa shape index (κ3) is 6.29. The predicted molar refractivity (Wildman–Crippen MR) is 160 cm³/mol. The van der Waals surface area contributed by atoms with Crippen LogP contribution < -0.4 is 21.5 Å². The maximum atomic E-state index is 13.0. The number of hydrogen-bond donors (Lipinski definition) is 3. The fourth-order valence-corrected chi connectivity index (χ4v) is 4.35. The summed E-state index contributed by atoms with van der Waals surface area (Å²) in [5, 5.41) is 8.84. The Balaban J connectivity index is 1.59.